The highest BCUT2D eigenvalue weighted by atomic mass is 32.2. The van der Waals surface area contributed by atoms with Crippen molar-refractivity contribution < 1.29 is 17.9 Å². The molecule has 1 amide bonds. The van der Waals surface area contributed by atoms with Crippen LogP contribution in [0.5, 0.6) is 0 Å². The van der Waals surface area contributed by atoms with Crippen molar-refractivity contribution in [2.45, 2.75) is 24.3 Å². The molecule has 1 aromatic carbocycles. The number of morpholine rings is 1. The normalized spacial score (nSPS) is 21.5. The Morgan fingerprint density at radius 1 is 1.24 bits per heavy atom. The molecule has 9 heteroatoms. The van der Waals surface area contributed by atoms with Crippen molar-refractivity contribution in [3.63, 3.8) is 0 Å². The van der Waals surface area contributed by atoms with E-state index in [2.05, 4.69) is 15.2 Å². The smallest absolute Gasteiger partial charge is 0.243 e. The lowest BCUT2D eigenvalue weighted by molar-refractivity contribution is -0.123. The number of nitrogens with zero attached hydrogens (tertiary/aromatic N) is 3. The molecule has 2 aromatic rings. The standard InChI is InChI=1S/C20H26N4O4S/c1-15-11-21-12-16-3-2-4-18(20(15)16)29(26,27)24-6-5-17(13-24)22-19(25)14-23-7-9-28-10-8-23/h2-4,11-12,17H,5-10,13-14H2,1H3,(H,22,25)/t17-/m0/s1. The van der Waals surface area contributed by atoms with Gasteiger partial charge in [-0.25, -0.2) is 8.42 Å². The van der Waals surface area contributed by atoms with E-state index in [1.807, 2.05) is 13.0 Å². The molecule has 0 bridgehead atoms. The molecule has 1 atom stereocenters. The van der Waals surface area contributed by atoms with E-state index in [4.69, 9.17) is 4.74 Å². The number of ether oxygens (including phenoxy) is 1. The molecule has 0 unspecified atom stereocenters. The summed E-state index contributed by atoms with van der Waals surface area (Å²) >= 11 is 0. The molecule has 156 valence electrons. The number of pyridine rings is 1. The van der Waals surface area contributed by atoms with Gasteiger partial charge in [-0.1, -0.05) is 12.1 Å². The van der Waals surface area contributed by atoms with Crippen LogP contribution < -0.4 is 5.32 Å². The first kappa shape index (κ1) is 20.2. The Morgan fingerprint density at radius 2 is 2.03 bits per heavy atom. The van der Waals surface area contributed by atoms with Crippen LogP contribution in [0.1, 0.15) is 12.0 Å². The number of rotatable bonds is 5. The van der Waals surface area contributed by atoms with E-state index >= 15 is 0 Å². The number of aromatic nitrogens is 1. The van der Waals surface area contributed by atoms with Crippen LogP contribution >= 0.6 is 0 Å². The summed E-state index contributed by atoms with van der Waals surface area (Å²) < 4.78 is 33.4. The minimum Gasteiger partial charge on any atom is -0.379 e. The lowest BCUT2D eigenvalue weighted by Gasteiger charge is -2.26. The molecule has 2 fully saturated rings. The van der Waals surface area contributed by atoms with E-state index in [1.54, 1.807) is 24.5 Å². The van der Waals surface area contributed by atoms with Crippen molar-refractivity contribution in [3.05, 3.63) is 36.2 Å². The second-order valence-corrected chi connectivity index (χ2v) is 9.52. The Kier molecular flexibility index (Phi) is 5.82. The Balaban J connectivity index is 1.45. The topological polar surface area (TPSA) is 91.8 Å². The van der Waals surface area contributed by atoms with E-state index in [9.17, 15) is 13.2 Å². The molecular weight excluding hydrogens is 392 g/mol. The second kappa shape index (κ2) is 8.35. The van der Waals surface area contributed by atoms with Crippen LogP contribution in [0.25, 0.3) is 10.8 Å². The van der Waals surface area contributed by atoms with Gasteiger partial charge in [0.25, 0.3) is 0 Å². The summed E-state index contributed by atoms with van der Waals surface area (Å²) in [5, 5.41) is 4.51. The number of fused-ring (bicyclic) bond motifs is 1. The number of amides is 1. The molecule has 0 spiro atoms. The van der Waals surface area contributed by atoms with Gasteiger partial charge in [0.15, 0.2) is 0 Å². The van der Waals surface area contributed by atoms with E-state index in [-0.39, 0.29) is 18.5 Å². The van der Waals surface area contributed by atoms with Crippen LogP contribution in [-0.2, 0) is 19.6 Å². The highest BCUT2D eigenvalue weighted by Crippen LogP contribution is 2.29. The van der Waals surface area contributed by atoms with Gasteiger partial charge >= 0.3 is 0 Å². The molecule has 2 aliphatic rings. The molecule has 8 nitrogen and oxygen atoms in total. The maximum atomic E-state index is 13.3. The van der Waals surface area contributed by atoms with Crippen LogP contribution in [0.2, 0.25) is 0 Å². The maximum Gasteiger partial charge on any atom is 0.243 e. The predicted molar refractivity (Wildman–Crippen MR) is 109 cm³/mol. The quantitative estimate of drug-likeness (QED) is 0.771. The SMILES string of the molecule is Cc1cncc2cccc(S(=O)(=O)N3CC[C@H](NC(=O)CN4CCOCC4)C3)c12. The van der Waals surface area contributed by atoms with Gasteiger partial charge in [0.05, 0.1) is 24.7 Å². The van der Waals surface area contributed by atoms with Crippen molar-refractivity contribution in [2.24, 2.45) is 0 Å². The highest BCUT2D eigenvalue weighted by molar-refractivity contribution is 7.89. The van der Waals surface area contributed by atoms with Crippen LogP contribution in [0.15, 0.2) is 35.5 Å². The van der Waals surface area contributed by atoms with Crippen molar-refractivity contribution in [3.8, 4) is 0 Å². The van der Waals surface area contributed by atoms with Gasteiger partial charge in [0.1, 0.15) is 0 Å². The molecule has 29 heavy (non-hydrogen) atoms. The third-order valence-corrected chi connectivity index (χ3v) is 7.45. The number of benzene rings is 1. The van der Waals surface area contributed by atoms with Crippen molar-refractivity contribution in [1.29, 1.82) is 0 Å². The molecule has 0 saturated carbocycles. The van der Waals surface area contributed by atoms with E-state index < -0.39 is 10.0 Å². The van der Waals surface area contributed by atoms with Crippen LogP contribution in [-0.4, -0.2) is 80.5 Å². The number of hydrogen-bond acceptors (Lipinski definition) is 6. The van der Waals surface area contributed by atoms with Gasteiger partial charge in [-0.05, 0) is 25.0 Å². The largest absolute Gasteiger partial charge is 0.379 e. The third kappa shape index (κ3) is 4.28. The minimum absolute atomic E-state index is 0.0665. The first-order valence-electron chi connectivity index (χ1n) is 9.88. The molecule has 1 N–H and O–H groups in total. The van der Waals surface area contributed by atoms with Gasteiger partial charge in [-0.3, -0.25) is 14.7 Å². The molecule has 3 heterocycles. The Morgan fingerprint density at radius 3 is 2.83 bits per heavy atom. The Labute approximate surface area is 170 Å². The monoisotopic (exact) mass is 418 g/mol. The van der Waals surface area contributed by atoms with Gasteiger partial charge in [0, 0.05) is 55.4 Å². The van der Waals surface area contributed by atoms with Crippen LogP contribution in [0.3, 0.4) is 0 Å². The van der Waals surface area contributed by atoms with Crippen molar-refractivity contribution in [2.75, 3.05) is 45.9 Å². The van der Waals surface area contributed by atoms with Gasteiger partial charge < -0.3 is 10.1 Å². The second-order valence-electron chi connectivity index (χ2n) is 7.62. The summed E-state index contributed by atoms with van der Waals surface area (Å²) in [6.07, 6.45) is 3.97. The number of hydrogen-bond donors (Lipinski definition) is 1. The maximum absolute atomic E-state index is 13.3. The third-order valence-electron chi connectivity index (χ3n) is 5.54. The fourth-order valence-corrected chi connectivity index (χ4v) is 5.81. The lowest BCUT2D eigenvalue weighted by atomic mass is 10.1. The molecule has 2 aliphatic heterocycles. The summed E-state index contributed by atoms with van der Waals surface area (Å²) in [5.41, 5.74) is 0.830. The zero-order valence-electron chi connectivity index (χ0n) is 16.5. The van der Waals surface area contributed by atoms with Crippen LogP contribution in [0, 0.1) is 6.92 Å². The number of aryl methyl sites for hydroxylation is 1. The van der Waals surface area contributed by atoms with Gasteiger partial charge in [0.2, 0.25) is 15.9 Å². The first-order valence-corrected chi connectivity index (χ1v) is 11.3. The highest BCUT2D eigenvalue weighted by Gasteiger charge is 2.34. The van der Waals surface area contributed by atoms with Gasteiger partial charge in [-0.2, -0.15) is 4.31 Å². The average molecular weight is 419 g/mol. The molecule has 2 saturated heterocycles. The van der Waals surface area contributed by atoms with Crippen LogP contribution in [0.4, 0.5) is 0 Å². The zero-order chi connectivity index (χ0) is 20.4. The van der Waals surface area contributed by atoms with Gasteiger partial charge in [-0.15, -0.1) is 0 Å². The number of sulfonamides is 1. The summed E-state index contributed by atoms with van der Waals surface area (Å²) in [6.45, 7) is 5.64. The fraction of sp³-hybridized carbons (Fsp3) is 0.500. The van der Waals surface area contributed by atoms with Crippen molar-refractivity contribution in [1.82, 2.24) is 19.5 Å². The Bertz CT molecular complexity index is 999. The minimum atomic E-state index is -3.66. The molecule has 4 rings (SSSR count). The fourth-order valence-electron chi connectivity index (χ4n) is 4.03. The predicted octanol–water partition coefficient (Wildman–Crippen LogP) is 0.755. The van der Waals surface area contributed by atoms with E-state index in [1.165, 1.54) is 4.31 Å². The summed E-state index contributed by atoms with van der Waals surface area (Å²) in [6, 6.07) is 5.09. The lowest BCUT2D eigenvalue weighted by Crippen LogP contribution is -2.46. The average Bonchev–Trinajstić information content (AvgIpc) is 3.18. The molecule has 0 radical (unpaired) electrons. The number of carbonyl (C=O) groups excluding carboxylic acids is 1. The zero-order valence-corrected chi connectivity index (χ0v) is 17.3. The number of carbonyl (C=O) groups is 1. The molecule has 0 aliphatic carbocycles. The van der Waals surface area contributed by atoms with E-state index in [0.717, 1.165) is 24.0 Å². The Hall–Kier alpha value is -2.07. The molecular formula is C20H26N4O4S. The summed E-state index contributed by atoms with van der Waals surface area (Å²) in [7, 11) is -3.66. The molecule has 1 aromatic heterocycles. The summed E-state index contributed by atoms with van der Waals surface area (Å²) in [5.74, 6) is -0.0665. The first-order chi connectivity index (χ1) is 13.9. The van der Waals surface area contributed by atoms with Crippen molar-refractivity contribution >= 4 is 26.7 Å². The number of nitrogens with one attached hydrogen (secondary N) is 1. The summed E-state index contributed by atoms with van der Waals surface area (Å²) in [4.78, 5) is 18.9. The van der Waals surface area contributed by atoms with E-state index in [0.29, 0.717) is 43.0 Å².